The molecule has 32 heavy (non-hydrogen) atoms. The van der Waals surface area contributed by atoms with Gasteiger partial charge in [-0.05, 0) is 30.2 Å². The van der Waals surface area contributed by atoms with Crippen LogP contribution in [-0.4, -0.2) is 41.6 Å². The number of hydrogen-bond donors (Lipinski definition) is 1. The fourth-order valence-electron chi connectivity index (χ4n) is 3.53. The topological polar surface area (TPSA) is 87.0 Å². The molecule has 2 heterocycles. The molecule has 0 unspecified atom stereocenters. The summed E-state index contributed by atoms with van der Waals surface area (Å²) in [6.45, 7) is 1.99. The summed E-state index contributed by atoms with van der Waals surface area (Å²) in [6, 6.07) is 11.5. The third-order valence-corrected chi connectivity index (χ3v) is 5.24. The minimum absolute atomic E-state index is 0.118. The molecule has 4 aromatic rings. The SMILES string of the molecule is COc1cc(-c2cn3c(NC(=O)Cc4ccccc4C)cnc3cn2)cc(OC)c1OC. The zero-order valence-corrected chi connectivity index (χ0v) is 18.4. The maximum absolute atomic E-state index is 12.7. The number of aryl methyl sites for hydroxylation is 1. The fraction of sp³-hybridized carbons (Fsp3) is 0.208. The van der Waals surface area contributed by atoms with Crippen LogP contribution in [0, 0.1) is 6.92 Å². The van der Waals surface area contributed by atoms with Gasteiger partial charge in [-0.3, -0.25) is 14.2 Å². The number of methoxy groups -OCH3 is 3. The number of amides is 1. The molecule has 0 spiro atoms. The van der Waals surface area contributed by atoms with Crippen LogP contribution in [0.4, 0.5) is 5.82 Å². The molecule has 0 saturated heterocycles. The van der Waals surface area contributed by atoms with Gasteiger partial charge in [-0.15, -0.1) is 0 Å². The van der Waals surface area contributed by atoms with Crippen LogP contribution in [0.3, 0.4) is 0 Å². The Morgan fingerprint density at radius 2 is 1.72 bits per heavy atom. The number of aromatic nitrogens is 3. The summed E-state index contributed by atoms with van der Waals surface area (Å²) in [5.41, 5.74) is 4.11. The molecule has 0 aliphatic heterocycles. The van der Waals surface area contributed by atoms with E-state index < -0.39 is 0 Å². The molecule has 0 fully saturated rings. The van der Waals surface area contributed by atoms with Crippen molar-refractivity contribution >= 4 is 17.4 Å². The number of carbonyl (C=O) groups excluding carboxylic acids is 1. The van der Waals surface area contributed by atoms with Gasteiger partial charge in [-0.2, -0.15) is 0 Å². The molecule has 2 aromatic carbocycles. The number of rotatable bonds is 7. The van der Waals surface area contributed by atoms with Gasteiger partial charge in [0.1, 0.15) is 5.82 Å². The van der Waals surface area contributed by atoms with Crippen molar-refractivity contribution in [3.05, 3.63) is 66.1 Å². The van der Waals surface area contributed by atoms with Gasteiger partial charge in [0.05, 0.1) is 45.8 Å². The zero-order valence-electron chi connectivity index (χ0n) is 18.4. The van der Waals surface area contributed by atoms with E-state index in [-0.39, 0.29) is 12.3 Å². The standard InChI is InChI=1S/C24H24N4O4/c1-15-7-5-6-8-16(15)11-23(29)27-22-13-26-21-12-25-18(14-28(21)22)17-9-19(30-2)24(32-4)20(10-17)31-3/h5-10,12-14H,11H2,1-4H3,(H,27,29). The lowest BCUT2D eigenvalue weighted by molar-refractivity contribution is -0.115. The summed E-state index contributed by atoms with van der Waals surface area (Å²) < 4.78 is 18.1. The lowest BCUT2D eigenvalue weighted by Crippen LogP contribution is -2.16. The van der Waals surface area contributed by atoms with Gasteiger partial charge in [0.2, 0.25) is 11.7 Å². The molecule has 0 atom stereocenters. The van der Waals surface area contributed by atoms with Crippen LogP contribution in [0.1, 0.15) is 11.1 Å². The molecular weight excluding hydrogens is 408 g/mol. The minimum Gasteiger partial charge on any atom is -0.493 e. The summed E-state index contributed by atoms with van der Waals surface area (Å²) in [7, 11) is 4.69. The molecule has 0 radical (unpaired) electrons. The maximum atomic E-state index is 12.7. The molecule has 4 rings (SSSR count). The summed E-state index contributed by atoms with van der Waals surface area (Å²) in [4.78, 5) is 21.5. The van der Waals surface area contributed by atoms with Crippen molar-refractivity contribution in [3.8, 4) is 28.5 Å². The second-order valence-electron chi connectivity index (χ2n) is 7.21. The van der Waals surface area contributed by atoms with Gasteiger partial charge in [-0.25, -0.2) is 4.98 Å². The van der Waals surface area contributed by atoms with E-state index in [0.717, 1.165) is 16.7 Å². The van der Waals surface area contributed by atoms with E-state index in [0.29, 0.717) is 34.4 Å². The van der Waals surface area contributed by atoms with Crippen molar-refractivity contribution in [3.63, 3.8) is 0 Å². The van der Waals surface area contributed by atoms with E-state index in [1.165, 1.54) is 0 Å². The summed E-state index contributed by atoms with van der Waals surface area (Å²) in [6.07, 6.45) is 5.36. The van der Waals surface area contributed by atoms with Crippen molar-refractivity contribution in [2.24, 2.45) is 0 Å². The highest BCUT2D eigenvalue weighted by molar-refractivity contribution is 5.92. The first-order chi connectivity index (χ1) is 15.5. The zero-order chi connectivity index (χ0) is 22.7. The van der Waals surface area contributed by atoms with Crippen molar-refractivity contribution in [2.75, 3.05) is 26.6 Å². The summed E-state index contributed by atoms with van der Waals surface area (Å²) in [5, 5.41) is 2.95. The Bertz CT molecular complexity index is 1260. The summed E-state index contributed by atoms with van der Waals surface area (Å²) in [5.74, 6) is 2.01. The van der Waals surface area contributed by atoms with E-state index in [4.69, 9.17) is 14.2 Å². The predicted octanol–water partition coefficient (Wildman–Crippen LogP) is 3.91. The predicted molar refractivity (Wildman–Crippen MR) is 122 cm³/mol. The van der Waals surface area contributed by atoms with E-state index in [1.54, 1.807) is 38.1 Å². The van der Waals surface area contributed by atoms with Gasteiger partial charge < -0.3 is 19.5 Å². The molecule has 164 valence electrons. The van der Waals surface area contributed by atoms with E-state index in [2.05, 4.69) is 15.3 Å². The third kappa shape index (κ3) is 4.07. The van der Waals surface area contributed by atoms with Gasteiger partial charge in [-0.1, -0.05) is 24.3 Å². The largest absolute Gasteiger partial charge is 0.493 e. The number of nitrogens with zero attached hydrogens (tertiary/aromatic N) is 3. The molecule has 0 aliphatic rings. The average Bonchev–Trinajstić information content (AvgIpc) is 3.21. The van der Waals surface area contributed by atoms with Gasteiger partial charge >= 0.3 is 0 Å². The van der Waals surface area contributed by atoms with Gasteiger partial charge in [0.25, 0.3) is 0 Å². The number of hydrogen-bond acceptors (Lipinski definition) is 6. The summed E-state index contributed by atoms with van der Waals surface area (Å²) >= 11 is 0. The number of benzene rings is 2. The molecule has 8 nitrogen and oxygen atoms in total. The van der Waals surface area contributed by atoms with Gasteiger partial charge in [0.15, 0.2) is 17.1 Å². The molecular formula is C24H24N4O4. The number of nitrogens with one attached hydrogen (secondary N) is 1. The number of carbonyl (C=O) groups is 1. The quantitative estimate of drug-likeness (QED) is 0.476. The Morgan fingerprint density at radius 3 is 2.38 bits per heavy atom. The average molecular weight is 432 g/mol. The number of anilines is 1. The monoisotopic (exact) mass is 432 g/mol. The molecule has 1 N–H and O–H groups in total. The number of fused-ring (bicyclic) bond motifs is 1. The molecule has 8 heteroatoms. The first-order valence-corrected chi connectivity index (χ1v) is 10.0. The second-order valence-corrected chi connectivity index (χ2v) is 7.21. The smallest absolute Gasteiger partial charge is 0.229 e. The Balaban J connectivity index is 1.66. The Hall–Kier alpha value is -4.07. The second kappa shape index (κ2) is 8.97. The molecule has 1 amide bonds. The van der Waals surface area contributed by atoms with Crippen LogP contribution < -0.4 is 19.5 Å². The highest BCUT2D eigenvalue weighted by atomic mass is 16.5. The first kappa shape index (κ1) is 21.2. The van der Waals surface area contributed by atoms with Crippen LogP contribution in [-0.2, 0) is 11.2 Å². The Labute approximate surface area is 185 Å². The normalized spacial score (nSPS) is 10.8. The van der Waals surface area contributed by atoms with Crippen LogP contribution in [0.15, 0.2) is 55.0 Å². The molecule has 2 aromatic heterocycles. The maximum Gasteiger partial charge on any atom is 0.229 e. The number of ether oxygens (including phenoxy) is 3. The van der Waals surface area contributed by atoms with Crippen molar-refractivity contribution in [1.82, 2.24) is 14.4 Å². The lowest BCUT2D eigenvalue weighted by Gasteiger charge is -2.14. The van der Waals surface area contributed by atoms with Crippen molar-refractivity contribution in [1.29, 1.82) is 0 Å². The van der Waals surface area contributed by atoms with Crippen LogP contribution >= 0.6 is 0 Å². The lowest BCUT2D eigenvalue weighted by atomic mass is 10.1. The van der Waals surface area contributed by atoms with Crippen LogP contribution in [0.2, 0.25) is 0 Å². The van der Waals surface area contributed by atoms with Gasteiger partial charge in [0, 0.05) is 11.8 Å². The number of imidazole rings is 1. The van der Waals surface area contributed by atoms with Crippen LogP contribution in [0.25, 0.3) is 16.9 Å². The van der Waals surface area contributed by atoms with Crippen molar-refractivity contribution < 1.29 is 19.0 Å². The molecule has 0 bridgehead atoms. The first-order valence-electron chi connectivity index (χ1n) is 10.0. The minimum atomic E-state index is -0.118. The van der Waals surface area contributed by atoms with E-state index >= 15 is 0 Å². The van der Waals surface area contributed by atoms with E-state index in [9.17, 15) is 4.79 Å². The third-order valence-electron chi connectivity index (χ3n) is 5.24. The Kier molecular flexibility index (Phi) is 5.93. The Morgan fingerprint density at radius 1 is 1.00 bits per heavy atom. The highest BCUT2D eigenvalue weighted by Crippen LogP contribution is 2.40. The van der Waals surface area contributed by atoms with Crippen molar-refractivity contribution in [2.45, 2.75) is 13.3 Å². The van der Waals surface area contributed by atoms with Crippen LogP contribution in [0.5, 0.6) is 17.2 Å². The molecule has 0 saturated carbocycles. The fourth-order valence-corrected chi connectivity index (χ4v) is 3.53. The molecule has 0 aliphatic carbocycles. The van der Waals surface area contributed by atoms with E-state index in [1.807, 2.05) is 49.5 Å². The highest BCUT2D eigenvalue weighted by Gasteiger charge is 2.16.